The van der Waals surface area contributed by atoms with E-state index in [0.717, 1.165) is 5.56 Å². The molecule has 0 aliphatic carbocycles. The molecule has 0 amide bonds. The fourth-order valence-corrected chi connectivity index (χ4v) is 1.54. The summed E-state index contributed by atoms with van der Waals surface area (Å²) in [7, 11) is 1.58. The summed E-state index contributed by atoms with van der Waals surface area (Å²) in [6, 6.07) is 7.24. The average molecular weight is 224 g/mol. The highest BCUT2D eigenvalue weighted by Crippen LogP contribution is 2.22. The first-order chi connectivity index (χ1) is 7.70. The highest BCUT2D eigenvalue weighted by molar-refractivity contribution is 5.75. The summed E-state index contributed by atoms with van der Waals surface area (Å²) in [4.78, 5) is 11.1. The van der Waals surface area contributed by atoms with Crippen LogP contribution in [0.2, 0.25) is 0 Å². The van der Waals surface area contributed by atoms with Crippen LogP contribution in [0.25, 0.3) is 0 Å². The minimum atomic E-state index is -0.981. The summed E-state index contributed by atoms with van der Waals surface area (Å²) in [6.45, 7) is 2.51. The third-order valence-corrected chi connectivity index (χ3v) is 2.20. The molecular weight excluding hydrogens is 208 g/mol. The van der Waals surface area contributed by atoms with Crippen molar-refractivity contribution in [2.75, 3.05) is 13.7 Å². The fraction of sp³-hybridized carbons (Fsp3) is 0.417. The van der Waals surface area contributed by atoms with Crippen molar-refractivity contribution < 1.29 is 19.4 Å². The summed E-state index contributed by atoms with van der Waals surface area (Å²) in [5.74, 6) is -0.981. The Balaban J connectivity index is 3.02. The van der Waals surface area contributed by atoms with Crippen molar-refractivity contribution in [2.24, 2.45) is 0 Å². The van der Waals surface area contributed by atoms with Crippen LogP contribution in [0.3, 0.4) is 0 Å². The van der Waals surface area contributed by atoms with E-state index in [1.54, 1.807) is 26.2 Å². The maximum atomic E-state index is 11.1. The first-order valence-corrected chi connectivity index (χ1v) is 5.11. The van der Waals surface area contributed by atoms with Gasteiger partial charge in [0.15, 0.2) is 6.10 Å². The molecule has 0 heterocycles. The van der Waals surface area contributed by atoms with Crippen molar-refractivity contribution >= 4 is 5.97 Å². The van der Waals surface area contributed by atoms with Gasteiger partial charge in [0.2, 0.25) is 0 Å². The average Bonchev–Trinajstić information content (AvgIpc) is 2.27. The van der Waals surface area contributed by atoms with Crippen LogP contribution in [0.1, 0.15) is 24.2 Å². The Morgan fingerprint density at radius 3 is 2.69 bits per heavy atom. The van der Waals surface area contributed by atoms with Gasteiger partial charge in [0.1, 0.15) is 0 Å². The molecule has 1 unspecified atom stereocenters. The molecule has 0 fully saturated rings. The minimum absolute atomic E-state index is 0.359. The van der Waals surface area contributed by atoms with E-state index in [1.165, 1.54) is 0 Å². The number of aliphatic carboxylic acids is 1. The second-order valence-electron chi connectivity index (χ2n) is 3.31. The van der Waals surface area contributed by atoms with E-state index in [1.807, 2.05) is 12.1 Å². The van der Waals surface area contributed by atoms with E-state index in [4.69, 9.17) is 14.6 Å². The number of carboxylic acids is 1. The second kappa shape index (κ2) is 6.25. The highest BCUT2D eigenvalue weighted by atomic mass is 16.5. The maximum absolute atomic E-state index is 11.1. The van der Waals surface area contributed by atoms with Crippen LogP contribution < -0.4 is 0 Å². The number of hydrogen-bond donors (Lipinski definition) is 1. The number of carboxylic acid groups (broad SMARTS) is 1. The molecule has 0 radical (unpaired) electrons. The molecule has 0 aliphatic heterocycles. The number of benzene rings is 1. The number of methoxy groups -OCH3 is 1. The number of ether oxygens (including phenoxy) is 2. The molecule has 0 aliphatic rings. The van der Waals surface area contributed by atoms with Crippen molar-refractivity contribution in [1.29, 1.82) is 0 Å². The Morgan fingerprint density at radius 2 is 2.12 bits per heavy atom. The molecule has 0 saturated heterocycles. The molecule has 88 valence electrons. The number of rotatable bonds is 6. The van der Waals surface area contributed by atoms with E-state index < -0.39 is 12.1 Å². The minimum Gasteiger partial charge on any atom is -0.479 e. The molecule has 1 atom stereocenters. The monoisotopic (exact) mass is 224 g/mol. The van der Waals surface area contributed by atoms with E-state index in [-0.39, 0.29) is 0 Å². The smallest absolute Gasteiger partial charge is 0.337 e. The summed E-state index contributed by atoms with van der Waals surface area (Å²) in [6.07, 6.45) is -0.920. The molecule has 4 nitrogen and oxygen atoms in total. The molecule has 0 bridgehead atoms. The summed E-state index contributed by atoms with van der Waals surface area (Å²) in [5.41, 5.74) is 1.49. The molecule has 1 aromatic rings. The second-order valence-corrected chi connectivity index (χ2v) is 3.31. The normalized spacial score (nSPS) is 12.4. The van der Waals surface area contributed by atoms with E-state index >= 15 is 0 Å². The standard InChI is InChI=1S/C12H16O4/c1-3-16-11(12(13)14)10-7-5-4-6-9(10)8-15-2/h4-7,11H,3,8H2,1-2H3,(H,13,14). The Hall–Kier alpha value is -1.39. The van der Waals surface area contributed by atoms with Gasteiger partial charge in [0, 0.05) is 13.7 Å². The molecule has 0 saturated carbocycles. The van der Waals surface area contributed by atoms with Crippen LogP contribution in [-0.2, 0) is 20.9 Å². The molecule has 4 heteroatoms. The topological polar surface area (TPSA) is 55.8 Å². The van der Waals surface area contributed by atoms with E-state index in [9.17, 15) is 4.79 Å². The summed E-state index contributed by atoms with van der Waals surface area (Å²) in [5, 5.41) is 9.08. The molecular formula is C12H16O4. The fourth-order valence-electron chi connectivity index (χ4n) is 1.54. The van der Waals surface area contributed by atoms with Crippen LogP contribution >= 0.6 is 0 Å². The molecule has 0 aromatic heterocycles. The third kappa shape index (κ3) is 3.05. The summed E-state index contributed by atoms with van der Waals surface area (Å²) >= 11 is 0. The molecule has 1 aromatic carbocycles. The van der Waals surface area contributed by atoms with Crippen molar-refractivity contribution in [3.8, 4) is 0 Å². The first-order valence-electron chi connectivity index (χ1n) is 5.11. The van der Waals surface area contributed by atoms with Gasteiger partial charge in [0.25, 0.3) is 0 Å². The maximum Gasteiger partial charge on any atom is 0.337 e. The lowest BCUT2D eigenvalue weighted by Gasteiger charge is -2.16. The van der Waals surface area contributed by atoms with Gasteiger partial charge >= 0.3 is 5.97 Å². The van der Waals surface area contributed by atoms with Crippen LogP contribution in [0.15, 0.2) is 24.3 Å². The van der Waals surface area contributed by atoms with Crippen LogP contribution in [0.5, 0.6) is 0 Å². The van der Waals surface area contributed by atoms with Crippen molar-refractivity contribution in [3.05, 3.63) is 35.4 Å². The Morgan fingerprint density at radius 1 is 1.44 bits per heavy atom. The van der Waals surface area contributed by atoms with Crippen molar-refractivity contribution in [2.45, 2.75) is 19.6 Å². The Labute approximate surface area is 94.8 Å². The SMILES string of the molecule is CCOC(C(=O)O)c1ccccc1COC. The Bertz CT molecular complexity index is 349. The predicted molar refractivity (Wildman–Crippen MR) is 59.2 cm³/mol. The lowest BCUT2D eigenvalue weighted by molar-refractivity contribution is -0.150. The molecule has 0 spiro atoms. The van der Waals surface area contributed by atoms with E-state index in [2.05, 4.69) is 0 Å². The van der Waals surface area contributed by atoms with E-state index in [0.29, 0.717) is 18.8 Å². The van der Waals surface area contributed by atoms with Gasteiger partial charge in [-0.15, -0.1) is 0 Å². The highest BCUT2D eigenvalue weighted by Gasteiger charge is 2.22. The number of carbonyl (C=O) groups is 1. The molecule has 1 N–H and O–H groups in total. The van der Waals surface area contributed by atoms with Crippen LogP contribution in [0, 0.1) is 0 Å². The molecule has 1 rings (SSSR count). The quantitative estimate of drug-likeness (QED) is 0.802. The van der Waals surface area contributed by atoms with Gasteiger partial charge in [-0.25, -0.2) is 4.79 Å². The largest absolute Gasteiger partial charge is 0.479 e. The van der Waals surface area contributed by atoms with Crippen molar-refractivity contribution in [1.82, 2.24) is 0 Å². The predicted octanol–water partition coefficient (Wildman–Crippen LogP) is 2.00. The van der Waals surface area contributed by atoms with Gasteiger partial charge in [-0.2, -0.15) is 0 Å². The molecule has 16 heavy (non-hydrogen) atoms. The third-order valence-electron chi connectivity index (χ3n) is 2.20. The van der Waals surface area contributed by atoms with Gasteiger partial charge in [-0.05, 0) is 18.1 Å². The van der Waals surface area contributed by atoms with Crippen LogP contribution in [0.4, 0.5) is 0 Å². The van der Waals surface area contributed by atoms with Gasteiger partial charge < -0.3 is 14.6 Å². The lowest BCUT2D eigenvalue weighted by Crippen LogP contribution is -2.17. The number of hydrogen-bond acceptors (Lipinski definition) is 3. The van der Waals surface area contributed by atoms with Gasteiger partial charge in [0.05, 0.1) is 6.61 Å². The lowest BCUT2D eigenvalue weighted by atomic mass is 10.0. The van der Waals surface area contributed by atoms with Gasteiger partial charge in [-0.3, -0.25) is 0 Å². The van der Waals surface area contributed by atoms with Crippen LogP contribution in [-0.4, -0.2) is 24.8 Å². The van der Waals surface area contributed by atoms with Crippen molar-refractivity contribution in [3.63, 3.8) is 0 Å². The first kappa shape index (κ1) is 12.7. The summed E-state index contributed by atoms with van der Waals surface area (Å²) < 4.78 is 10.2. The Kier molecular flexibility index (Phi) is 4.95. The zero-order valence-corrected chi connectivity index (χ0v) is 9.47. The van der Waals surface area contributed by atoms with Gasteiger partial charge in [-0.1, -0.05) is 24.3 Å². The zero-order valence-electron chi connectivity index (χ0n) is 9.47. The zero-order chi connectivity index (χ0) is 12.0.